The van der Waals surface area contributed by atoms with Gasteiger partial charge in [-0.3, -0.25) is 4.79 Å². The molecule has 2 aromatic rings. The minimum atomic E-state index is -0.491. The molecule has 0 unspecified atom stereocenters. The number of nitrogens with zero attached hydrogens (tertiary/aromatic N) is 1. The lowest BCUT2D eigenvalue weighted by Gasteiger charge is -2.04. The summed E-state index contributed by atoms with van der Waals surface area (Å²) >= 11 is 3.10. The van der Waals surface area contributed by atoms with Gasteiger partial charge >= 0.3 is 5.91 Å². The second-order valence-corrected chi connectivity index (χ2v) is 4.48. The van der Waals surface area contributed by atoms with Crippen molar-refractivity contribution in [1.29, 1.82) is 0 Å². The molecule has 104 valence electrons. The van der Waals surface area contributed by atoms with Gasteiger partial charge in [0.1, 0.15) is 0 Å². The molecule has 2 N–H and O–H groups in total. The van der Waals surface area contributed by atoms with Crippen LogP contribution in [0.3, 0.4) is 0 Å². The number of phenols is 1. The molecule has 7 heteroatoms. The van der Waals surface area contributed by atoms with Crippen molar-refractivity contribution in [3.8, 4) is 11.5 Å². The lowest BCUT2D eigenvalue weighted by molar-refractivity contribution is 0.0926. The number of halogens is 1. The van der Waals surface area contributed by atoms with E-state index in [9.17, 15) is 9.90 Å². The van der Waals surface area contributed by atoms with Gasteiger partial charge in [0, 0.05) is 5.56 Å². The van der Waals surface area contributed by atoms with Crippen LogP contribution < -0.4 is 10.2 Å². The minimum Gasteiger partial charge on any atom is -0.504 e. The van der Waals surface area contributed by atoms with Crippen LogP contribution in [0, 0.1) is 0 Å². The third kappa shape index (κ3) is 3.18. The molecular formula is C13H11BrN2O4. The summed E-state index contributed by atoms with van der Waals surface area (Å²) in [7, 11) is 1.45. The molecule has 2 rings (SSSR count). The molecular weight excluding hydrogens is 328 g/mol. The SMILES string of the molecule is COc1cccc(/C=N/NC(=O)c2ccc(Br)o2)c1O. The Morgan fingerprint density at radius 1 is 1.45 bits per heavy atom. The number of benzene rings is 1. The topological polar surface area (TPSA) is 84.1 Å². The zero-order chi connectivity index (χ0) is 14.5. The number of hydrogen-bond acceptors (Lipinski definition) is 5. The summed E-state index contributed by atoms with van der Waals surface area (Å²) in [5, 5.41) is 13.6. The van der Waals surface area contributed by atoms with Gasteiger partial charge in [-0.2, -0.15) is 5.10 Å². The molecule has 0 aliphatic carbocycles. The van der Waals surface area contributed by atoms with Crippen LogP contribution >= 0.6 is 15.9 Å². The molecule has 1 aromatic heterocycles. The number of carbonyl (C=O) groups is 1. The first-order chi connectivity index (χ1) is 9.61. The van der Waals surface area contributed by atoms with E-state index in [0.29, 0.717) is 16.0 Å². The van der Waals surface area contributed by atoms with Crippen LogP contribution in [0.4, 0.5) is 0 Å². The molecule has 0 radical (unpaired) electrons. The van der Waals surface area contributed by atoms with E-state index in [1.165, 1.54) is 19.4 Å². The van der Waals surface area contributed by atoms with E-state index >= 15 is 0 Å². The molecule has 0 saturated heterocycles. The van der Waals surface area contributed by atoms with Gasteiger partial charge in [-0.25, -0.2) is 5.43 Å². The molecule has 1 aromatic carbocycles. The van der Waals surface area contributed by atoms with E-state index in [1.807, 2.05) is 0 Å². The molecule has 1 heterocycles. The zero-order valence-electron chi connectivity index (χ0n) is 10.5. The summed E-state index contributed by atoms with van der Waals surface area (Å²) in [5.41, 5.74) is 2.71. The molecule has 20 heavy (non-hydrogen) atoms. The Hall–Kier alpha value is -2.28. The number of hydrogen-bond donors (Lipinski definition) is 2. The summed E-state index contributed by atoms with van der Waals surface area (Å²) < 4.78 is 10.5. The van der Waals surface area contributed by atoms with E-state index in [-0.39, 0.29) is 11.5 Å². The highest BCUT2D eigenvalue weighted by atomic mass is 79.9. The van der Waals surface area contributed by atoms with Crippen molar-refractivity contribution in [3.63, 3.8) is 0 Å². The van der Waals surface area contributed by atoms with Crippen molar-refractivity contribution >= 4 is 28.1 Å². The highest BCUT2D eigenvalue weighted by molar-refractivity contribution is 9.10. The van der Waals surface area contributed by atoms with Crippen LogP contribution in [0.2, 0.25) is 0 Å². The van der Waals surface area contributed by atoms with Crippen LogP contribution in [0.5, 0.6) is 11.5 Å². The molecule has 6 nitrogen and oxygen atoms in total. The van der Waals surface area contributed by atoms with E-state index < -0.39 is 5.91 Å². The lowest BCUT2D eigenvalue weighted by Crippen LogP contribution is -2.16. The highest BCUT2D eigenvalue weighted by Crippen LogP contribution is 2.27. The fourth-order valence-electron chi connectivity index (χ4n) is 1.46. The summed E-state index contributed by atoms with van der Waals surface area (Å²) in [4.78, 5) is 11.6. The van der Waals surface area contributed by atoms with E-state index in [4.69, 9.17) is 9.15 Å². The van der Waals surface area contributed by atoms with Gasteiger partial charge < -0.3 is 14.3 Å². The van der Waals surface area contributed by atoms with Crippen LogP contribution in [-0.2, 0) is 0 Å². The molecule has 0 bridgehead atoms. The lowest BCUT2D eigenvalue weighted by atomic mass is 10.2. The summed E-state index contributed by atoms with van der Waals surface area (Å²) in [6.07, 6.45) is 1.31. The number of carbonyl (C=O) groups excluding carboxylic acids is 1. The van der Waals surface area contributed by atoms with E-state index in [0.717, 1.165) is 0 Å². The maximum absolute atomic E-state index is 11.6. The maximum Gasteiger partial charge on any atom is 0.307 e. The number of phenolic OH excluding ortho intramolecular Hbond substituents is 1. The van der Waals surface area contributed by atoms with Gasteiger partial charge in [0.15, 0.2) is 21.9 Å². The van der Waals surface area contributed by atoms with Crippen molar-refractivity contribution in [2.75, 3.05) is 7.11 Å². The number of aromatic hydroxyl groups is 1. The van der Waals surface area contributed by atoms with E-state index in [1.54, 1.807) is 24.3 Å². The van der Waals surface area contributed by atoms with Crippen molar-refractivity contribution < 1.29 is 19.1 Å². The van der Waals surface area contributed by atoms with Crippen LogP contribution in [0.1, 0.15) is 16.1 Å². The van der Waals surface area contributed by atoms with Crippen molar-refractivity contribution in [2.45, 2.75) is 0 Å². The second-order valence-electron chi connectivity index (χ2n) is 3.70. The number of methoxy groups -OCH3 is 1. The van der Waals surface area contributed by atoms with Crippen LogP contribution in [0.25, 0.3) is 0 Å². The third-order valence-corrected chi connectivity index (χ3v) is 2.84. The number of hydrazone groups is 1. The Bertz CT molecular complexity index is 652. The van der Waals surface area contributed by atoms with Gasteiger partial charge in [0.2, 0.25) is 0 Å². The number of rotatable bonds is 4. The van der Waals surface area contributed by atoms with Crippen molar-refractivity contribution in [1.82, 2.24) is 5.43 Å². The van der Waals surface area contributed by atoms with Gasteiger partial charge in [0.25, 0.3) is 0 Å². The smallest absolute Gasteiger partial charge is 0.307 e. The number of para-hydroxylation sites is 1. The molecule has 0 spiro atoms. The van der Waals surface area contributed by atoms with Crippen molar-refractivity contribution in [2.24, 2.45) is 5.10 Å². The Balaban J connectivity index is 2.05. The van der Waals surface area contributed by atoms with Gasteiger partial charge in [-0.15, -0.1) is 0 Å². The molecule has 0 aliphatic rings. The first-order valence-corrected chi connectivity index (χ1v) is 6.36. The van der Waals surface area contributed by atoms with Gasteiger partial charge in [0.05, 0.1) is 13.3 Å². The summed E-state index contributed by atoms with van der Waals surface area (Å²) in [5.74, 6) is -0.0813. The maximum atomic E-state index is 11.6. The Morgan fingerprint density at radius 3 is 2.90 bits per heavy atom. The molecule has 0 atom stereocenters. The average Bonchev–Trinajstić information content (AvgIpc) is 2.87. The summed E-state index contributed by atoms with van der Waals surface area (Å²) in [6, 6.07) is 8.07. The largest absolute Gasteiger partial charge is 0.504 e. The predicted molar refractivity (Wildman–Crippen MR) is 76.1 cm³/mol. The molecule has 0 saturated carbocycles. The predicted octanol–water partition coefficient (Wildman–Crippen LogP) is 2.52. The number of amides is 1. The highest BCUT2D eigenvalue weighted by Gasteiger charge is 2.09. The molecule has 1 amide bonds. The Kier molecular flexibility index (Phi) is 4.41. The van der Waals surface area contributed by atoms with Crippen LogP contribution in [-0.4, -0.2) is 24.3 Å². The summed E-state index contributed by atoms with van der Waals surface area (Å²) in [6.45, 7) is 0. The van der Waals surface area contributed by atoms with Gasteiger partial charge in [-0.1, -0.05) is 6.07 Å². The minimum absolute atomic E-state index is 0.0475. The number of furan rings is 1. The Labute approximate surface area is 123 Å². The zero-order valence-corrected chi connectivity index (χ0v) is 12.0. The monoisotopic (exact) mass is 338 g/mol. The fourth-order valence-corrected chi connectivity index (χ4v) is 1.77. The number of nitrogens with one attached hydrogen (secondary N) is 1. The standard InChI is InChI=1S/C13H11BrN2O4/c1-19-9-4-2-3-8(12(9)17)7-15-16-13(18)10-5-6-11(14)20-10/h2-7,17H,1H3,(H,16,18)/b15-7+. The first kappa shape index (κ1) is 14.1. The van der Waals surface area contributed by atoms with Gasteiger partial charge in [-0.05, 0) is 40.2 Å². The normalized spacial score (nSPS) is 10.7. The van der Waals surface area contributed by atoms with Crippen molar-refractivity contribution in [3.05, 3.63) is 46.3 Å². The second kappa shape index (κ2) is 6.25. The molecule has 0 fully saturated rings. The first-order valence-electron chi connectivity index (χ1n) is 5.56. The van der Waals surface area contributed by atoms with Crippen LogP contribution in [0.15, 0.2) is 44.5 Å². The Morgan fingerprint density at radius 2 is 2.25 bits per heavy atom. The third-order valence-electron chi connectivity index (χ3n) is 2.42. The molecule has 0 aliphatic heterocycles. The quantitative estimate of drug-likeness (QED) is 0.662. The van der Waals surface area contributed by atoms with E-state index in [2.05, 4.69) is 26.5 Å². The fraction of sp³-hybridized carbons (Fsp3) is 0.0769. The number of ether oxygens (including phenoxy) is 1. The average molecular weight is 339 g/mol.